The zero-order valence-corrected chi connectivity index (χ0v) is 6.82. The number of anilines is 1. The van der Waals surface area contributed by atoms with Crippen molar-refractivity contribution in [2.45, 2.75) is 0 Å². The first-order valence-corrected chi connectivity index (χ1v) is 3.55. The molecule has 1 aromatic carbocycles. The van der Waals surface area contributed by atoms with Crippen LogP contribution in [0.3, 0.4) is 0 Å². The van der Waals surface area contributed by atoms with Gasteiger partial charge in [-0.05, 0) is 12.1 Å². The first-order chi connectivity index (χ1) is 5.70. The van der Waals surface area contributed by atoms with E-state index in [2.05, 4.69) is 5.43 Å². The molecule has 0 aromatic heterocycles. The fraction of sp³-hybridized carbons (Fsp3) is 0.125. The van der Waals surface area contributed by atoms with Crippen LogP contribution in [-0.4, -0.2) is 13.1 Å². The molecule has 0 aliphatic carbocycles. The highest BCUT2D eigenvalue weighted by Gasteiger charge is 1.99. The minimum atomic E-state index is -0.568. The van der Waals surface area contributed by atoms with Crippen LogP contribution in [0.4, 0.5) is 10.5 Å². The highest BCUT2D eigenvalue weighted by atomic mass is 16.2. The van der Waals surface area contributed by atoms with Crippen LogP contribution in [0.2, 0.25) is 0 Å². The summed E-state index contributed by atoms with van der Waals surface area (Å²) in [6.07, 6.45) is 0. The van der Waals surface area contributed by atoms with Crippen LogP contribution < -0.4 is 16.2 Å². The van der Waals surface area contributed by atoms with Crippen LogP contribution in [0.15, 0.2) is 30.3 Å². The van der Waals surface area contributed by atoms with Gasteiger partial charge in [0, 0.05) is 7.05 Å². The Balaban J connectivity index is 2.65. The number of carbonyl (C=O) groups is 1. The molecule has 0 atom stereocenters. The molecule has 1 rings (SSSR count). The van der Waals surface area contributed by atoms with Crippen molar-refractivity contribution in [3.8, 4) is 0 Å². The van der Waals surface area contributed by atoms with Crippen molar-refractivity contribution in [2.24, 2.45) is 5.73 Å². The fourth-order valence-corrected chi connectivity index (χ4v) is 0.881. The van der Waals surface area contributed by atoms with Crippen LogP contribution in [0, 0.1) is 0 Å². The Hall–Kier alpha value is -1.71. The highest BCUT2D eigenvalue weighted by molar-refractivity contribution is 5.73. The van der Waals surface area contributed by atoms with Crippen LogP contribution in [0.1, 0.15) is 0 Å². The number of nitrogens with two attached hydrogens (primary N) is 1. The van der Waals surface area contributed by atoms with Crippen molar-refractivity contribution >= 4 is 11.7 Å². The number of hydrogen-bond donors (Lipinski definition) is 2. The van der Waals surface area contributed by atoms with E-state index in [-0.39, 0.29) is 0 Å². The maximum Gasteiger partial charge on any atom is 0.330 e. The van der Waals surface area contributed by atoms with Gasteiger partial charge in [-0.2, -0.15) is 0 Å². The number of rotatable bonds is 2. The van der Waals surface area contributed by atoms with Gasteiger partial charge in [-0.1, -0.05) is 18.2 Å². The molecule has 2 amide bonds. The zero-order valence-electron chi connectivity index (χ0n) is 6.82. The molecule has 0 aliphatic heterocycles. The number of primary amides is 1. The summed E-state index contributed by atoms with van der Waals surface area (Å²) in [5, 5.41) is 1.56. The monoisotopic (exact) mass is 165 g/mol. The van der Waals surface area contributed by atoms with Crippen molar-refractivity contribution < 1.29 is 4.79 Å². The molecule has 0 saturated heterocycles. The lowest BCUT2D eigenvalue weighted by molar-refractivity contribution is 0.248. The Labute approximate surface area is 70.9 Å². The number of carbonyl (C=O) groups excluding carboxylic acids is 1. The molecule has 4 heteroatoms. The third-order valence-electron chi connectivity index (χ3n) is 1.42. The van der Waals surface area contributed by atoms with Gasteiger partial charge < -0.3 is 5.73 Å². The number of hydrogen-bond acceptors (Lipinski definition) is 2. The zero-order chi connectivity index (χ0) is 8.97. The number of urea groups is 1. The maximum absolute atomic E-state index is 10.5. The van der Waals surface area contributed by atoms with Crippen molar-refractivity contribution in [3.63, 3.8) is 0 Å². The lowest BCUT2D eigenvalue weighted by atomic mass is 10.3. The summed E-state index contributed by atoms with van der Waals surface area (Å²) < 4.78 is 0. The topological polar surface area (TPSA) is 58.4 Å². The van der Waals surface area contributed by atoms with Gasteiger partial charge in [0.25, 0.3) is 0 Å². The average Bonchev–Trinajstić information content (AvgIpc) is 2.05. The Kier molecular flexibility index (Phi) is 2.53. The molecule has 0 fully saturated rings. The molecule has 0 aliphatic rings. The van der Waals surface area contributed by atoms with E-state index in [1.54, 1.807) is 12.1 Å². The molecular weight excluding hydrogens is 154 g/mol. The molecular formula is C8H11N3O. The normalized spacial score (nSPS) is 9.08. The van der Waals surface area contributed by atoms with Crippen molar-refractivity contribution in [2.75, 3.05) is 12.1 Å². The van der Waals surface area contributed by atoms with Crippen molar-refractivity contribution in [1.29, 1.82) is 0 Å². The minimum Gasteiger partial charge on any atom is -0.350 e. The summed E-state index contributed by atoms with van der Waals surface area (Å²) >= 11 is 0. The van der Waals surface area contributed by atoms with E-state index in [1.807, 2.05) is 30.3 Å². The van der Waals surface area contributed by atoms with Gasteiger partial charge in [-0.25, -0.2) is 10.2 Å². The Morgan fingerprint density at radius 1 is 1.42 bits per heavy atom. The van der Waals surface area contributed by atoms with Crippen LogP contribution in [-0.2, 0) is 0 Å². The number of nitrogens with one attached hydrogen (secondary N) is 1. The molecule has 12 heavy (non-hydrogen) atoms. The first-order valence-electron chi connectivity index (χ1n) is 3.55. The van der Waals surface area contributed by atoms with E-state index >= 15 is 0 Å². The number of amides is 2. The molecule has 3 N–H and O–H groups in total. The average molecular weight is 165 g/mol. The van der Waals surface area contributed by atoms with Crippen molar-refractivity contribution in [1.82, 2.24) is 5.43 Å². The summed E-state index contributed by atoms with van der Waals surface area (Å²) in [5.41, 5.74) is 8.26. The Morgan fingerprint density at radius 3 is 2.50 bits per heavy atom. The van der Waals surface area contributed by atoms with E-state index in [1.165, 1.54) is 0 Å². The molecule has 0 spiro atoms. The number of hydrazine groups is 1. The third kappa shape index (κ3) is 2.16. The number of nitrogens with zero attached hydrogens (tertiary/aromatic N) is 1. The van der Waals surface area contributed by atoms with Gasteiger partial charge in [0.1, 0.15) is 0 Å². The third-order valence-corrected chi connectivity index (χ3v) is 1.42. The van der Waals surface area contributed by atoms with Crippen LogP contribution in [0.25, 0.3) is 0 Å². The van der Waals surface area contributed by atoms with E-state index in [0.29, 0.717) is 0 Å². The molecule has 4 nitrogen and oxygen atoms in total. The van der Waals surface area contributed by atoms with Gasteiger partial charge in [0.2, 0.25) is 0 Å². The molecule has 0 saturated carbocycles. The fourth-order valence-electron chi connectivity index (χ4n) is 0.881. The predicted molar refractivity (Wildman–Crippen MR) is 47.6 cm³/mol. The summed E-state index contributed by atoms with van der Waals surface area (Å²) in [6.45, 7) is 0. The predicted octanol–water partition coefficient (Wildman–Crippen LogP) is 0.706. The van der Waals surface area contributed by atoms with E-state index in [9.17, 15) is 4.79 Å². The maximum atomic E-state index is 10.5. The number of para-hydroxylation sites is 1. The van der Waals surface area contributed by atoms with Gasteiger partial charge in [-0.15, -0.1) is 0 Å². The molecule has 0 radical (unpaired) electrons. The minimum absolute atomic E-state index is 0.568. The lowest BCUT2D eigenvalue weighted by Gasteiger charge is -2.18. The molecule has 1 aromatic rings. The second-order valence-corrected chi connectivity index (χ2v) is 2.37. The van der Waals surface area contributed by atoms with E-state index < -0.39 is 6.03 Å². The van der Waals surface area contributed by atoms with Crippen LogP contribution in [0.5, 0.6) is 0 Å². The Morgan fingerprint density at radius 2 is 2.00 bits per heavy atom. The van der Waals surface area contributed by atoms with Crippen LogP contribution >= 0.6 is 0 Å². The second-order valence-electron chi connectivity index (χ2n) is 2.37. The van der Waals surface area contributed by atoms with Gasteiger partial charge >= 0.3 is 6.03 Å². The summed E-state index contributed by atoms with van der Waals surface area (Å²) in [5.74, 6) is 0. The molecule has 0 heterocycles. The van der Waals surface area contributed by atoms with Gasteiger partial charge in [0.05, 0.1) is 5.69 Å². The Bertz CT molecular complexity index is 260. The molecule has 0 unspecified atom stereocenters. The molecule has 64 valence electrons. The van der Waals surface area contributed by atoms with Crippen molar-refractivity contribution in [3.05, 3.63) is 30.3 Å². The van der Waals surface area contributed by atoms with Gasteiger partial charge in [0.15, 0.2) is 0 Å². The van der Waals surface area contributed by atoms with Gasteiger partial charge in [-0.3, -0.25) is 5.01 Å². The second kappa shape index (κ2) is 3.61. The first kappa shape index (κ1) is 8.39. The highest BCUT2D eigenvalue weighted by Crippen LogP contribution is 2.07. The summed E-state index contributed by atoms with van der Waals surface area (Å²) in [7, 11) is 1.72. The smallest absolute Gasteiger partial charge is 0.330 e. The lowest BCUT2D eigenvalue weighted by Crippen LogP contribution is -2.42. The standard InChI is InChI=1S/C8H11N3O/c1-11(10-8(9)12)7-5-3-2-4-6-7/h2-6H,1H3,(H3,9,10,12). The van der Waals surface area contributed by atoms with E-state index in [4.69, 9.17) is 5.73 Å². The summed E-state index contributed by atoms with van der Waals surface area (Å²) in [4.78, 5) is 10.5. The number of benzene rings is 1. The summed E-state index contributed by atoms with van der Waals surface area (Å²) in [6, 6.07) is 8.85. The largest absolute Gasteiger partial charge is 0.350 e. The SMILES string of the molecule is CN(NC(N)=O)c1ccccc1. The molecule has 0 bridgehead atoms. The van der Waals surface area contributed by atoms with E-state index in [0.717, 1.165) is 5.69 Å². The quantitative estimate of drug-likeness (QED) is 0.634.